The van der Waals surface area contributed by atoms with Crippen molar-refractivity contribution in [1.29, 1.82) is 5.26 Å². The average molecular weight is 456 g/mol. The summed E-state index contributed by atoms with van der Waals surface area (Å²) in [6.45, 7) is 0.758. The lowest BCUT2D eigenvalue weighted by molar-refractivity contribution is 0.0952. The third-order valence-electron chi connectivity index (χ3n) is 6.79. The number of carbonyl (C=O) groups is 1. The van der Waals surface area contributed by atoms with Crippen molar-refractivity contribution in [1.82, 2.24) is 25.1 Å². The van der Waals surface area contributed by atoms with Crippen LogP contribution in [0.25, 0.3) is 11.3 Å². The molecular formula is C26H29N7O. The molecule has 0 aliphatic heterocycles. The molecule has 2 aromatic heterocycles. The van der Waals surface area contributed by atoms with E-state index >= 15 is 0 Å². The van der Waals surface area contributed by atoms with Crippen LogP contribution in [0.2, 0.25) is 0 Å². The molecule has 2 saturated carbocycles. The van der Waals surface area contributed by atoms with Gasteiger partial charge in [-0.2, -0.15) is 10.4 Å². The number of amides is 1. The van der Waals surface area contributed by atoms with Crippen LogP contribution in [0, 0.1) is 23.2 Å². The van der Waals surface area contributed by atoms with Crippen LogP contribution in [0.4, 0.5) is 11.6 Å². The van der Waals surface area contributed by atoms with Crippen molar-refractivity contribution in [3.05, 3.63) is 54.5 Å². The second-order valence-electron chi connectivity index (χ2n) is 9.30. The molecule has 2 N–H and O–H groups in total. The van der Waals surface area contributed by atoms with Gasteiger partial charge in [0.2, 0.25) is 5.95 Å². The molecule has 1 amide bonds. The van der Waals surface area contributed by atoms with Gasteiger partial charge >= 0.3 is 0 Å². The highest BCUT2D eigenvalue weighted by atomic mass is 16.1. The molecule has 3 aromatic rings. The van der Waals surface area contributed by atoms with E-state index in [0.717, 1.165) is 36.3 Å². The second-order valence-corrected chi connectivity index (χ2v) is 9.30. The van der Waals surface area contributed by atoms with Crippen molar-refractivity contribution in [3.8, 4) is 17.3 Å². The molecule has 2 aliphatic rings. The summed E-state index contributed by atoms with van der Waals surface area (Å²) >= 11 is 0. The highest BCUT2D eigenvalue weighted by Crippen LogP contribution is 2.36. The molecule has 0 spiro atoms. The Morgan fingerprint density at radius 3 is 2.68 bits per heavy atom. The van der Waals surface area contributed by atoms with Gasteiger partial charge in [-0.25, -0.2) is 9.97 Å². The van der Waals surface area contributed by atoms with Crippen molar-refractivity contribution < 1.29 is 4.79 Å². The summed E-state index contributed by atoms with van der Waals surface area (Å²) in [5.74, 6) is 1.59. The topological polar surface area (TPSA) is 109 Å². The Balaban J connectivity index is 1.26. The molecule has 1 atom stereocenters. The predicted molar refractivity (Wildman–Crippen MR) is 129 cm³/mol. The summed E-state index contributed by atoms with van der Waals surface area (Å²) in [5, 5.41) is 20.1. The zero-order valence-electron chi connectivity index (χ0n) is 19.2. The first-order valence-corrected chi connectivity index (χ1v) is 12.1. The first-order chi connectivity index (χ1) is 16.7. The summed E-state index contributed by atoms with van der Waals surface area (Å²) < 4.78 is 1.94. The lowest BCUT2D eigenvalue weighted by Gasteiger charge is -2.21. The number of benzene rings is 1. The van der Waals surface area contributed by atoms with E-state index in [1.807, 2.05) is 29.1 Å². The third kappa shape index (κ3) is 5.25. The zero-order valence-corrected chi connectivity index (χ0v) is 19.2. The van der Waals surface area contributed by atoms with Crippen molar-refractivity contribution in [2.24, 2.45) is 11.8 Å². The van der Waals surface area contributed by atoms with E-state index in [1.54, 1.807) is 24.5 Å². The minimum atomic E-state index is -0.0407. The summed E-state index contributed by atoms with van der Waals surface area (Å²) in [5.41, 5.74) is 3.11. The molecule has 2 aliphatic carbocycles. The maximum atomic E-state index is 12.2. The number of aromatic nitrogens is 4. The van der Waals surface area contributed by atoms with Gasteiger partial charge in [0.25, 0.3) is 5.91 Å². The van der Waals surface area contributed by atoms with Gasteiger partial charge in [0.15, 0.2) is 0 Å². The van der Waals surface area contributed by atoms with Crippen LogP contribution in [0.15, 0.2) is 48.9 Å². The number of nitriles is 1. The quantitative estimate of drug-likeness (QED) is 0.477. The fourth-order valence-electron chi connectivity index (χ4n) is 4.64. The van der Waals surface area contributed by atoms with E-state index in [9.17, 15) is 10.1 Å². The Hall–Kier alpha value is -3.73. The van der Waals surface area contributed by atoms with E-state index in [0.29, 0.717) is 29.8 Å². The SMILES string of the molecule is N#CCC(C1CCCC1)n1cc(-c2ccnc(Nc3ccc(C(=O)NCC4CC4)cc3)n2)cn1. The minimum Gasteiger partial charge on any atom is -0.352 e. The van der Waals surface area contributed by atoms with Crippen molar-refractivity contribution in [2.45, 2.75) is 51.0 Å². The molecule has 1 unspecified atom stereocenters. The summed E-state index contributed by atoms with van der Waals surface area (Å²) in [7, 11) is 0. The van der Waals surface area contributed by atoms with Gasteiger partial charge in [-0.15, -0.1) is 0 Å². The molecule has 1 aromatic carbocycles. The van der Waals surface area contributed by atoms with Gasteiger partial charge < -0.3 is 10.6 Å². The summed E-state index contributed by atoms with van der Waals surface area (Å²) in [6, 6.07) is 11.6. The van der Waals surface area contributed by atoms with Gasteiger partial charge in [-0.1, -0.05) is 12.8 Å². The summed E-state index contributed by atoms with van der Waals surface area (Å²) in [6.07, 6.45) is 13.2. The number of anilines is 2. The fourth-order valence-corrected chi connectivity index (χ4v) is 4.64. The molecule has 174 valence electrons. The second kappa shape index (κ2) is 10.0. The van der Waals surface area contributed by atoms with Crippen LogP contribution in [0.3, 0.4) is 0 Å². The van der Waals surface area contributed by atoms with Crippen LogP contribution < -0.4 is 10.6 Å². The van der Waals surface area contributed by atoms with Crippen LogP contribution >= 0.6 is 0 Å². The lowest BCUT2D eigenvalue weighted by atomic mass is 9.96. The molecule has 2 fully saturated rings. The Kier molecular flexibility index (Phi) is 6.52. The maximum absolute atomic E-state index is 12.2. The summed E-state index contributed by atoms with van der Waals surface area (Å²) in [4.78, 5) is 21.2. The number of hydrogen-bond donors (Lipinski definition) is 2. The lowest BCUT2D eigenvalue weighted by Crippen LogP contribution is -2.25. The third-order valence-corrected chi connectivity index (χ3v) is 6.79. The standard InChI is InChI=1S/C26H29N7O/c27-13-11-24(19-3-1-2-4-19)33-17-21(16-30-33)23-12-14-28-26(32-23)31-22-9-7-20(8-10-22)25(34)29-15-18-5-6-18/h7-10,12,14,16-19,24H,1-6,11,15H2,(H,29,34)(H,28,31,32). The van der Waals surface area contributed by atoms with E-state index in [1.165, 1.54) is 25.7 Å². The van der Waals surface area contributed by atoms with Crippen LogP contribution in [0.5, 0.6) is 0 Å². The van der Waals surface area contributed by atoms with Gasteiger partial charge in [0.1, 0.15) is 0 Å². The molecule has 8 nitrogen and oxygen atoms in total. The Labute approximate surface area is 199 Å². The van der Waals surface area contributed by atoms with Crippen LogP contribution in [-0.4, -0.2) is 32.2 Å². The van der Waals surface area contributed by atoms with Crippen LogP contribution in [-0.2, 0) is 0 Å². The molecule has 8 heteroatoms. The molecule has 0 saturated heterocycles. The van der Waals surface area contributed by atoms with Crippen molar-refractivity contribution in [3.63, 3.8) is 0 Å². The largest absolute Gasteiger partial charge is 0.352 e. The number of carbonyl (C=O) groups excluding carboxylic acids is 1. The predicted octanol–water partition coefficient (Wildman–Crippen LogP) is 4.87. The molecule has 0 radical (unpaired) electrons. The zero-order chi connectivity index (χ0) is 23.3. The average Bonchev–Trinajstić information content (AvgIpc) is 3.31. The van der Waals surface area contributed by atoms with Gasteiger partial charge in [0.05, 0.1) is 30.4 Å². The van der Waals surface area contributed by atoms with E-state index in [2.05, 4.69) is 31.8 Å². The van der Waals surface area contributed by atoms with Crippen LogP contribution in [0.1, 0.15) is 61.3 Å². The van der Waals surface area contributed by atoms with Gasteiger partial charge in [-0.05, 0) is 67.9 Å². The van der Waals surface area contributed by atoms with Gasteiger partial charge in [0, 0.05) is 35.8 Å². The number of rotatable bonds is 9. The van der Waals surface area contributed by atoms with E-state index in [4.69, 9.17) is 0 Å². The highest BCUT2D eigenvalue weighted by molar-refractivity contribution is 5.94. The molecular weight excluding hydrogens is 426 g/mol. The first kappa shape index (κ1) is 22.1. The normalized spacial score (nSPS) is 16.7. The number of nitrogens with one attached hydrogen (secondary N) is 2. The van der Waals surface area contributed by atoms with Gasteiger partial charge in [-0.3, -0.25) is 9.48 Å². The molecule has 34 heavy (non-hydrogen) atoms. The Morgan fingerprint density at radius 2 is 1.94 bits per heavy atom. The Morgan fingerprint density at radius 1 is 1.15 bits per heavy atom. The molecule has 0 bridgehead atoms. The fraction of sp³-hybridized carbons (Fsp3) is 0.423. The van der Waals surface area contributed by atoms with Crippen molar-refractivity contribution >= 4 is 17.5 Å². The molecule has 2 heterocycles. The van der Waals surface area contributed by atoms with Crippen molar-refractivity contribution in [2.75, 3.05) is 11.9 Å². The van der Waals surface area contributed by atoms with E-state index < -0.39 is 0 Å². The number of nitrogens with zero attached hydrogens (tertiary/aromatic N) is 5. The van der Waals surface area contributed by atoms with E-state index in [-0.39, 0.29) is 11.9 Å². The highest BCUT2D eigenvalue weighted by Gasteiger charge is 2.27. The smallest absolute Gasteiger partial charge is 0.251 e. The maximum Gasteiger partial charge on any atom is 0.251 e. The Bertz CT molecular complexity index is 1170. The first-order valence-electron chi connectivity index (χ1n) is 12.1. The molecule has 5 rings (SSSR count). The monoisotopic (exact) mass is 455 g/mol. The number of hydrogen-bond acceptors (Lipinski definition) is 6. The minimum absolute atomic E-state index is 0.0407.